The molecule has 1 saturated carbocycles. The number of benzene rings is 1. The summed E-state index contributed by atoms with van der Waals surface area (Å²) in [5.74, 6) is 0.782. The van der Waals surface area contributed by atoms with E-state index in [2.05, 4.69) is 29.1 Å². The van der Waals surface area contributed by atoms with Crippen molar-refractivity contribution in [2.24, 2.45) is 5.41 Å². The zero-order chi connectivity index (χ0) is 14.7. The van der Waals surface area contributed by atoms with Gasteiger partial charge in [0.15, 0.2) is 5.82 Å². The minimum atomic E-state index is 0.344. The van der Waals surface area contributed by atoms with Gasteiger partial charge >= 0.3 is 0 Å². The lowest BCUT2D eigenvalue weighted by molar-refractivity contribution is 0.217. The Labute approximate surface area is 126 Å². The molecule has 1 heterocycles. The van der Waals surface area contributed by atoms with Crippen LogP contribution in [-0.4, -0.2) is 16.0 Å². The molecular weight excluding hydrogens is 258 g/mol. The molecule has 0 aliphatic heterocycles. The van der Waals surface area contributed by atoms with E-state index in [4.69, 9.17) is 0 Å². The van der Waals surface area contributed by atoms with E-state index in [0.29, 0.717) is 11.5 Å². The summed E-state index contributed by atoms with van der Waals surface area (Å²) in [6, 6.07) is 10.6. The predicted octanol–water partition coefficient (Wildman–Crippen LogP) is 4.52. The molecule has 1 aromatic heterocycles. The van der Waals surface area contributed by atoms with Crippen LogP contribution in [0, 0.1) is 5.41 Å². The average Bonchev–Trinajstić information content (AvgIpc) is 2.51. The van der Waals surface area contributed by atoms with Gasteiger partial charge < -0.3 is 5.32 Å². The van der Waals surface area contributed by atoms with E-state index in [1.54, 1.807) is 0 Å². The van der Waals surface area contributed by atoms with Crippen LogP contribution in [0.25, 0.3) is 11.4 Å². The smallest absolute Gasteiger partial charge is 0.159 e. The molecule has 1 N–H and O–H groups in total. The van der Waals surface area contributed by atoms with Gasteiger partial charge in [0.1, 0.15) is 0 Å². The van der Waals surface area contributed by atoms with Crippen molar-refractivity contribution in [3.8, 4) is 11.4 Å². The summed E-state index contributed by atoms with van der Waals surface area (Å²) in [6.45, 7) is 4.70. The molecule has 1 aliphatic rings. The Hall–Kier alpha value is -1.90. The summed E-state index contributed by atoms with van der Waals surface area (Å²) < 4.78 is 0. The minimum absolute atomic E-state index is 0.344. The van der Waals surface area contributed by atoms with Gasteiger partial charge in [-0.1, -0.05) is 57.0 Å². The van der Waals surface area contributed by atoms with Crippen LogP contribution in [0.4, 0.5) is 5.69 Å². The fourth-order valence-electron chi connectivity index (χ4n) is 3.10. The van der Waals surface area contributed by atoms with E-state index in [1.165, 1.54) is 25.7 Å². The summed E-state index contributed by atoms with van der Waals surface area (Å²) in [5.41, 5.74) is 2.42. The predicted molar refractivity (Wildman–Crippen MR) is 87.1 cm³/mol. The number of aromatic nitrogens is 2. The van der Waals surface area contributed by atoms with Crippen molar-refractivity contribution < 1.29 is 0 Å². The van der Waals surface area contributed by atoms with Crippen LogP contribution < -0.4 is 5.32 Å². The lowest BCUT2D eigenvalue weighted by atomic mass is 9.73. The molecule has 1 unspecified atom stereocenters. The molecule has 0 bridgehead atoms. The first-order valence-electron chi connectivity index (χ1n) is 7.79. The van der Waals surface area contributed by atoms with E-state index in [9.17, 15) is 0 Å². The van der Waals surface area contributed by atoms with Crippen LogP contribution in [0.3, 0.4) is 0 Å². The molecule has 0 spiro atoms. The first-order chi connectivity index (χ1) is 10.1. The summed E-state index contributed by atoms with van der Waals surface area (Å²) >= 11 is 0. The second-order valence-corrected chi connectivity index (χ2v) is 6.59. The molecule has 2 aromatic rings. The van der Waals surface area contributed by atoms with Gasteiger partial charge in [-0.15, -0.1) is 0 Å². The Kier molecular flexibility index (Phi) is 3.91. The van der Waals surface area contributed by atoms with Crippen LogP contribution in [0.1, 0.15) is 39.5 Å². The van der Waals surface area contributed by atoms with Gasteiger partial charge in [0.2, 0.25) is 0 Å². The third-order valence-corrected chi connectivity index (χ3v) is 4.53. The quantitative estimate of drug-likeness (QED) is 0.898. The van der Waals surface area contributed by atoms with Crippen molar-refractivity contribution in [1.82, 2.24) is 9.97 Å². The van der Waals surface area contributed by atoms with E-state index < -0.39 is 0 Å². The highest BCUT2D eigenvalue weighted by Gasteiger charge is 2.32. The van der Waals surface area contributed by atoms with E-state index in [0.717, 1.165) is 17.1 Å². The van der Waals surface area contributed by atoms with Gasteiger partial charge in [-0.05, 0) is 18.3 Å². The molecule has 0 radical (unpaired) electrons. The van der Waals surface area contributed by atoms with Crippen LogP contribution in [-0.2, 0) is 0 Å². The first kappa shape index (κ1) is 14.1. The Morgan fingerprint density at radius 3 is 2.43 bits per heavy atom. The highest BCUT2D eigenvalue weighted by Crippen LogP contribution is 2.37. The van der Waals surface area contributed by atoms with E-state index in [1.807, 2.05) is 42.7 Å². The topological polar surface area (TPSA) is 37.8 Å². The third-order valence-electron chi connectivity index (χ3n) is 4.53. The van der Waals surface area contributed by atoms with Gasteiger partial charge in [-0.3, -0.25) is 0 Å². The maximum atomic E-state index is 4.49. The van der Waals surface area contributed by atoms with Crippen molar-refractivity contribution >= 4 is 5.69 Å². The van der Waals surface area contributed by atoms with Crippen LogP contribution in [0.2, 0.25) is 0 Å². The molecular formula is C18H23N3. The number of nitrogens with one attached hydrogen (secondary N) is 1. The maximum absolute atomic E-state index is 4.49. The van der Waals surface area contributed by atoms with E-state index in [-0.39, 0.29) is 0 Å². The molecule has 110 valence electrons. The van der Waals surface area contributed by atoms with E-state index >= 15 is 0 Å². The van der Waals surface area contributed by atoms with Crippen LogP contribution >= 0.6 is 0 Å². The Morgan fingerprint density at radius 1 is 1.05 bits per heavy atom. The number of hydrogen-bond acceptors (Lipinski definition) is 3. The zero-order valence-corrected chi connectivity index (χ0v) is 12.8. The monoisotopic (exact) mass is 281 g/mol. The number of hydrogen-bond donors (Lipinski definition) is 1. The zero-order valence-electron chi connectivity index (χ0n) is 12.8. The lowest BCUT2D eigenvalue weighted by Crippen LogP contribution is -2.38. The molecule has 3 heteroatoms. The second kappa shape index (κ2) is 5.84. The van der Waals surface area contributed by atoms with Crippen molar-refractivity contribution in [3.05, 3.63) is 42.7 Å². The summed E-state index contributed by atoms with van der Waals surface area (Å²) in [5, 5.41) is 3.62. The van der Waals surface area contributed by atoms with Gasteiger partial charge in [0, 0.05) is 11.6 Å². The van der Waals surface area contributed by atoms with Crippen molar-refractivity contribution in [1.29, 1.82) is 0 Å². The number of nitrogens with zero attached hydrogens (tertiary/aromatic N) is 2. The molecule has 1 fully saturated rings. The lowest BCUT2D eigenvalue weighted by Gasteiger charge is -2.39. The molecule has 1 aliphatic carbocycles. The van der Waals surface area contributed by atoms with Gasteiger partial charge in [-0.2, -0.15) is 0 Å². The first-order valence-corrected chi connectivity index (χ1v) is 7.79. The molecule has 0 saturated heterocycles. The largest absolute Gasteiger partial charge is 0.379 e. The standard InChI is InChI=1S/C18H23N3/c1-18(2)11-7-6-10-16(18)21-15-12-19-17(20-13-15)14-8-4-3-5-9-14/h3-5,8-9,12-13,16,21H,6-7,10-11H2,1-2H3. The number of rotatable bonds is 3. The van der Waals surface area contributed by atoms with Crippen molar-refractivity contribution in [3.63, 3.8) is 0 Å². The Balaban J connectivity index is 1.73. The van der Waals surface area contributed by atoms with Gasteiger partial charge in [0.25, 0.3) is 0 Å². The molecule has 1 aromatic carbocycles. The highest BCUT2D eigenvalue weighted by molar-refractivity contribution is 5.55. The Morgan fingerprint density at radius 2 is 1.76 bits per heavy atom. The molecule has 1 atom stereocenters. The van der Waals surface area contributed by atoms with Gasteiger partial charge in [-0.25, -0.2) is 9.97 Å². The van der Waals surface area contributed by atoms with Crippen LogP contribution in [0.15, 0.2) is 42.7 Å². The Bertz CT molecular complexity index is 575. The average molecular weight is 281 g/mol. The molecule has 3 rings (SSSR count). The molecule has 21 heavy (non-hydrogen) atoms. The number of anilines is 1. The summed E-state index contributed by atoms with van der Waals surface area (Å²) in [7, 11) is 0. The SMILES string of the molecule is CC1(C)CCCCC1Nc1cnc(-c2ccccc2)nc1. The summed E-state index contributed by atoms with van der Waals surface area (Å²) in [4.78, 5) is 8.98. The van der Waals surface area contributed by atoms with Crippen molar-refractivity contribution in [2.45, 2.75) is 45.6 Å². The maximum Gasteiger partial charge on any atom is 0.159 e. The molecule has 3 nitrogen and oxygen atoms in total. The second-order valence-electron chi connectivity index (χ2n) is 6.59. The fourth-order valence-corrected chi connectivity index (χ4v) is 3.10. The summed E-state index contributed by atoms with van der Waals surface area (Å²) in [6.07, 6.45) is 8.97. The minimum Gasteiger partial charge on any atom is -0.379 e. The van der Waals surface area contributed by atoms with Crippen molar-refractivity contribution in [2.75, 3.05) is 5.32 Å². The van der Waals surface area contributed by atoms with Crippen LogP contribution in [0.5, 0.6) is 0 Å². The highest BCUT2D eigenvalue weighted by atomic mass is 15.0. The normalized spacial score (nSPS) is 21.0. The van der Waals surface area contributed by atoms with Gasteiger partial charge in [0.05, 0.1) is 18.1 Å². The fraction of sp³-hybridized carbons (Fsp3) is 0.444. The molecule has 0 amide bonds. The third kappa shape index (κ3) is 3.23.